The zero-order valence-electron chi connectivity index (χ0n) is 21.0. The van der Waals surface area contributed by atoms with Crippen molar-refractivity contribution in [2.24, 2.45) is 4.99 Å². The fourth-order valence-corrected chi connectivity index (χ4v) is 5.66. The summed E-state index contributed by atoms with van der Waals surface area (Å²) in [5.41, 5.74) is 2.06. The van der Waals surface area contributed by atoms with Gasteiger partial charge in [-0.05, 0) is 39.0 Å². The first-order chi connectivity index (χ1) is 17.4. The van der Waals surface area contributed by atoms with E-state index in [1.165, 1.54) is 18.5 Å². The highest BCUT2D eigenvalue weighted by Gasteiger charge is 2.56. The van der Waals surface area contributed by atoms with Crippen LogP contribution in [0.4, 0.5) is 5.82 Å². The summed E-state index contributed by atoms with van der Waals surface area (Å²) >= 11 is 6.59. The van der Waals surface area contributed by atoms with Crippen molar-refractivity contribution in [1.82, 2.24) is 19.5 Å². The molecule has 4 atom stereocenters. The molecule has 2 aliphatic heterocycles. The molecule has 0 unspecified atom stereocenters. The zero-order chi connectivity index (χ0) is 26.5. The molecule has 0 bridgehead atoms. The minimum Gasteiger partial charge on any atom is -0.369 e. The number of hydrogen-bond acceptors (Lipinski definition) is 9. The molecule has 0 N–H and O–H groups in total. The Labute approximate surface area is 220 Å². The first kappa shape index (κ1) is 26.0. The number of fused-ring (bicyclic) bond motifs is 2. The summed E-state index contributed by atoms with van der Waals surface area (Å²) in [7, 11) is -0.302. The smallest absolute Gasteiger partial charge is 0.297 e. The van der Waals surface area contributed by atoms with E-state index in [-0.39, 0.29) is 11.5 Å². The molecule has 11 nitrogen and oxygen atoms in total. The van der Waals surface area contributed by atoms with Gasteiger partial charge in [0.2, 0.25) is 0 Å². The van der Waals surface area contributed by atoms with Gasteiger partial charge in [-0.1, -0.05) is 29.3 Å². The van der Waals surface area contributed by atoms with Gasteiger partial charge in [0.05, 0.1) is 28.6 Å². The summed E-state index contributed by atoms with van der Waals surface area (Å²) in [5, 5.41) is 4.76. The first-order valence-corrected chi connectivity index (χ1v) is 13.4. The van der Waals surface area contributed by atoms with Crippen molar-refractivity contribution in [2.45, 2.75) is 55.9 Å². The van der Waals surface area contributed by atoms with Gasteiger partial charge in [0.1, 0.15) is 36.3 Å². The number of aliphatic imine (C=N–C) groups is 1. The molecule has 0 amide bonds. The Morgan fingerprint density at radius 1 is 1.22 bits per heavy atom. The van der Waals surface area contributed by atoms with Gasteiger partial charge >= 0.3 is 0 Å². The second-order valence-electron chi connectivity index (χ2n) is 9.68. The molecule has 2 saturated heterocycles. The van der Waals surface area contributed by atoms with Crippen molar-refractivity contribution in [3.05, 3.63) is 52.9 Å². The Bertz CT molecular complexity index is 1440. The summed E-state index contributed by atoms with van der Waals surface area (Å²) in [5.74, 6) is -0.513. The zero-order valence-corrected chi connectivity index (χ0v) is 22.6. The third kappa shape index (κ3) is 5.09. The monoisotopic (exact) mass is 549 g/mol. The van der Waals surface area contributed by atoms with Gasteiger partial charge in [-0.15, -0.1) is 0 Å². The summed E-state index contributed by atoms with van der Waals surface area (Å²) in [4.78, 5) is 10.5. The molecule has 3 aromatic rings. The fraction of sp³-hybridized carbons (Fsp3) is 0.458. The Morgan fingerprint density at radius 3 is 2.62 bits per heavy atom. The molecule has 2 aromatic heterocycles. The van der Waals surface area contributed by atoms with Crippen LogP contribution in [0.5, 0.6) is 0 Å². The van der Waals surface area contributed by atoms with Gasteiger partial charge in [0.15, 0.2) is 11.6 Å². The van der Waals surface area contributed by atoms with Crippen molar-refractivity contribution in [3.63, 3.8) is 0 Å². The highest BCUT2D eigenvalue weighted by atomic mass is 35.5. The molecule has 13 heteroatoms. The van der Waals surface area contributed by atoms with Crippen LogP contribution in [-0.4, -0.2) is 79.1 Å². The molecule has 0 radical (unpaired) electrons. The summed E-state index contributed by atoms with van der Waals surface area (Å²) < 4.78 is 51.2. The van der Waals surface area contributed by atoms with E-state index in [4.69, 9.17) is 30.0 Å². The van der Waals surface area contributed by atoms with E-state index in [0.29, 0.717) is 22.1 Å². The average molecular weight is 550 g/mol. The van der Waals surface area contributed by atoms with E-state index in [0.717, 1.165) is 5.56 Å². The van der Waals surface area contributed by atoms with Crippen LogP contribution >= 0.6 is 11.6 Å². The van der Waals surface area contributed by atoms with Gasteiger partial charge in [-0.25, -0.2) is 14.5 Å². The Morgan fingerprint density at radius 2 is 1.92 bits per heavy atom. The number of benzene rings is 1. The molecular weight excluding hydrogens is 522 g/mol. The van der Waals surface area contributed by atoms with Crippen LogP contribution in [0.3, 0.4) is 0 Å². The minimum absolute atomic E-state index is 0.0694. The van der Waals surface area contributed by atoms with Gasteiger partial charge in [-0.3, -0.25) is 4.18 Å². The number of nitrogens with zero attached hydrogens (tertiary/aromatic N) is 5. The van der Waals surface area contributed by atoms with Crippen LogP contribution in [0.25, 0.3) is 5.52 Å². The molecule has 5 rings (SSSR count). The highest BCUT2D eigenvalue weighted by Crippen LogP contribution is 2.46. The maximum Gasteiger partial charge on any atom is 0.297 e. The molecular formula is C24H28ClN5O6S. The lowest BCUT2D eigenvalue weighted by molar-refractivity contribution is -0.190. The van der Waals surface area contributed by atoms with E-state index in [1.54, 1.807) is 47.8 Å². The normalized spacial score (nSPS) is 25.2. The predicted octanol–water partition coefficient (Wildman–Crippen LogP) is 3.28. The third-order valence-electron chi connectivity index (χ3n) is 6.07. The van der Waals surface area contributed by atoms with Crippen molar-refractivity contribution >= 4 is 39.4 Å². The molecule has 0 spiro atoms. The SMILES string of the molecule is Cc1ccc(S(=O)(=O)OC[C@H]2O[C@@H](c3cc(Cl)c4c(N=CN(C)C)ncnn34)[C@@H]3OC(C)(C)O[C@@H]32)cc1. The second kappa shape index (κ2) is 9.61. The molecule has 2 fully saturated rings. The van der Waals surface area contributed by atoms with Crippen LogP contribution in [0.15, 0.2) is 46.5 Å². The lowest BCUT2D eigenvalue weighted by Gasteiger charge is -2.24. The van der Waals surface area contributed by atoms with Gasteiger partial charge < -0.3 is 19.1 Å². The van der Waals surface area contributed by atoms with Crippen LogP contribution in [0.2, 0.25) is 5.02 Å². The molecule has 1 aromatic carbocycles. The third-order valence-corrected chi connectivity index (χ3v) is 7.65. The lowest BCUT2D eigenvalue weighted by atomic mass is 10.1. The summed E-state index contributed by atoms with van der Waals surface area (Å²) in [6.45, 7) is 5.21. The van der Waals surface area contributed by atoms with E-state index in [9.17, 15) is 8.42 Å². The van der Waals surface area contributed by atoms with Gasteiger partial charge in [0.25, 0.3) is 10.1 Å². The second-order valence-corrected chi connectivity index (χ2v) is 11.7. The molecule has 37 heavy (non-hydrogen) atoms. The van der Waals surface area contributed by atoms with Crippen molar-refractivity contribution < 1.29 is 26.8 Å². The number of hydrogen-bond donors (Lipinski definition) is 0. The van der Waals surface area contributed by atoms with Crippen molar-refractivity contribution in [3.8, 4) is 0 Å². The highest BCUT2D eigenvalue weighted by molar-refractivity contribution is 7.86. The first-order valence-electron chi connectivity index (χ1n) is 11.7. The maximum atomic E-state index is 12.8. The van der Waals surface area contributed by atoms with Gasteiger partial charge in [0, 0.05) is 14.1 Å². The number of aryl methyl sites for hydroxylation is 1. The minimum atomic E-state index is -4.00. The van der Waals surface area contributed by atoms with E-state index in [2.05, 4.69) is 15.1 Å². The fourth-order valence-electron chi connectivity index (χ4n) is 4.46. The molecule has 4 heterocycles. The molecule has 198 valence electrons. The van der Waals surface area contributed by atoms with Crippen LogP contribution in [0, 0.1) is 6.92 Å². The molecule has 0 saturated carbocycles. The van der Waals surface area contributed by atoms with Crippen LogP contribution in [-0.2, 0) is 28.5 Å². The topological polar surface area (TPSA) is 117 Å². The Kier molecular flexibility index (Phi) is 6.75. The standard InChI is InChI=1S/C24H28ClN5O6S/c1-14-6-8-15(9-7-14)37(31,32)33-11-18-21-22(36-24(2,3)35-21)20(34-18)17-10-16(25)19-23(27-13-29(4)5)26-12-28-30(17)19/h6-10,12-13,18,20-22H,11H2,1-5H3/t18-,20+,21-,22+/m1/s1. The number of aromatic nitrogens is 3. The summed E-state index contributed by atoms with van der Waals surface area (Å²) in [6.07, 6.45) is 0.476. The molecule has 0 aliphatic carbocycles. The number of ether oxygens (including phenoxy) is 3. The maximum absolute atomic E-state index is 12.8. The van der Waals surface area contributed by atoms with E-state index in [1.807, 2.05) is 21.0 Å². The predicted molar refractivity (Wildman–Crippen MR) is 136 cm³/mol. The van der Waals surface area contributed by atoms with Crippen molar-refractivity contribution in [2.75, 3.05) is 20.7 Å². The number of rotatable bonds is 7. The quantitative estimate of drug-likeness (QED) is 0.248. The number of halogens is 1. The van der Waals surface area contributed by atoms with Crippen LogP contribution < -0.4 is 0 Å². The van der Waals surface area contributed by atoms with Gasteiger partial charge in [-0.2, -0.15) is 13.5 Å². The van der Waals surface area contributed by atoms with Crippen LogP contribution in [0.1, 0.15) is 31.2 Å². The van der Waals surface area contributed by atoms with Crippen molar-refractivity contribution in [1.29, 1.82) is 0 Å². The van der Waals surface area contributed by atoms with E-state index >= 15 is 0 Å². The lowest BCUT2D eigenvalue weighted by Crippen LogP contribution is -2.33. The summed E-state index contributed by atoms with van der Waals surface area (Å²) in [6, 6.07) is 8.17. The Hall–Kier alpha value is -2.61. The van der Waals surface area contributed by atoms with E-state index < -0.39 is 40.3 Å². The Balaban J connectivity index is 1.45. The molecule has 2 aliphatic rings. The largest absolute Gasteiger partial charge is 0.369 e. The average Bonchev–Trinajstić information content (AvgIpc) is 3.45.